The van der Waals surface area contributed by atoms with Gasteiger partial charge in [0.05, 0.1) is 79.1 Å². The molecule has 12 rings (SSSR count). The second-order valence-electron chi connectivity index (χ2n) is 26.3. The van der Waals surface area contributed by atoms with Gasteiger partial charge in [-0.2, -0.15) is 158 Å². The number of aromatic nitrogens is 12. The molecule has 1 saturated heterocycles. The summed E-state index contributed by atoms with van der Waals surface area (Å²) in [5.41, 5.74) is -108. The zero-order valence-electron chi connectivity index (χ0n) is 57.5. The lowest BCUT2D eigenvalue weighted by Gasteiger charge is -2.37. The van der Waals surface area contributed by atoms with Crippen LogP contribution in [-0.4, -0.2) is 163 Å². The van der Waals surface area contributed by atoms with Crippen molar-refractivity contribution in [2.45, 2.75) is 133 Å². The van der Waals surface area contributed by atoms with E-state index >= 15 is 105 Å². The first-order valence-corrected chi connectivity index (χ1v) is 31.8. The minimum absolute atomic E-state index is 0.137. The molecule has 0 spiro atoms. The number of nitrogens with one attached hydrogen (secondary N) is 2. The predicted octanol–water partition coefficient (Wildman–Crippen LogP) is 20.2. The number of aliphatic hydroxyl groups excluding tert-OH is 2. The number of benzene rings is 4. The highest BCUT2D eigenvalue weighted by Crippen LogP contribution is 2.68. The number of aliphatic hydroxyl groups is 2. The number of nitrogens with two attached hydrogens (primary N) is 1. The van der Waals surface area contributed by atoms with E-state index in [4.69, 9.17) is 10.5 Å². The van der Waals surface area contributed by atoms with E-state index in [0.717, 1.165) is 4.57 Å². The molecule has 0 saturated carbocycles. The fourth-order valence-corrected chi connectivity index (χ4v) is 13.4. The summed E-state index contributed by atoms with van der Waals surface area (Å²) in [7, 11) is 0. The summed E-state index contributed by atoms with van der Waals surface area (Å²) in [6.07, 6.45) is -109. The second kappa shape index (κ2) is 27.8. The quantitative estimate of drug-likeness (QED) is 0.0705. The summed E-state index contributed by atoms with van der Waals surface area (Å²) in [4.78, 5) is 29.8. The lowest BCUT2D eigenvalue weighted by Crippen LogP contribution is -2.56. The van der Waals surface area contributed by atoms with Gasteiger partial charge in [0.2, 0.25) is 0 Å². The van der Waals surface area contributed by atoms with Crippen LogP contribution in [0.3, 0.4) is 0 Å². The van der Waals surface area contributed by atoms with Crippen LogP contribution in [0, 0.1) is 46.7 Å². The van der Waals surface area contributed by atoms with Crippen LogP contribution in [0.5, 0.6) is 0 Å². The van der Waals surface area contributed by atoms with Crippen LogP contribution in [0.1, 0.15) is 57.4 Å². The van der Waals surface area contributed by atoms with Crippen LogP contribution in [0.2, 0.25) is 0 Å². The minimum Gasteiger partial charge on any atom is -0.394 e. The Morgan fingerprint density at radius 2 is 0.659 bits per heavy atom. The molecule has 6 N–H and O–H groups in total. The van der Waals surface area contributed by atoms with E-state index in [1.165, 1.54) is 4.98 Å². The maximum Gasteiger partial charge on any atom is 0.436 e. The number of alkyl halides is 42. The van der Waals surface area contributed by atoms with Crippen molar-refractivity contribution in [3.63, 3.8) is 0 Å². The molecule has 3 atom stereocenters. The molecule has 0 aliphatic carbocycles. The summed E-state index contributed by atoms with van der Waals surface area (Å²) < 4.78 is 754. The fourth-order valence-electron chi connectivity index (χ4n) is 13.4. The molecular weight excluding hydrogens is 1890 g/mol. The van der Waals surface area contributed by atoms with Gasteiger partial charge in [0.25, 0.3) is 0 Å². The molecule has 64 heteroatoms. The van der Waals surface area contributed by atoms with Crippen molar-refractivity contribution in [2.24, 2.45) is 0 Å². The van der Waals surface area contributed by atoms with E-state index in [1.807, 2.05) is 0 Å². The van der Waals surface area contributed by atoms with E-state index in [1.54, 1.807) is 0 Å². The van der Waals surface area contributed by atoms with Crippen molar-refractivity contribution in [1.82, 2.24) is 59.4 Å². The summed E-state index contributed by atoms with van der Waals surface area (Å²) >= 11 is 0. The highest BCUT2D eigenvalue weighted by molar-refractivity contribution is 6.08. The standard InChI is InChI=1S/C62H17F48N13O3/c63-28-16-18(30(65)24(47(71,55(87,88)89)56(90,91)92)22(28)45(69,51(75,76)77)52(78,79)80)40-118-38(16)116-36-10-3-1-9(2-4-14-114-34-35(111)112-8-113-44(34)123(14)15-6-12(125)13(7-124)126-15)5-11(10)37(115-36)117-39-17-19(31(66)25(48(72,57(93,94)95)58(96,97)98)23(29(17)64)46(70,53(81,82)83)54(84,85)86)41(119-39)121-43-21-20(42(120-40)122-43)32(67)26(49(73,59(99,100)101)60(102,103)104)27(33(21)68)50(74,61(105,106)107)62(108,109)110/h1,3,5,8,12-13,15,124-125H,6-7H2,(H2,111,112,113)(H2,115,116,117,118,119,120,121,122)/t12-,13+,15+/m0/s1. The maximum atomic E-state index is 18.0. The van der Waals surface area contributed by atoms with E-state index in [9.17, 15) is 116 Å². The number of anilines is 1. The van der Waals surface area contributed by atoms with Gasteiger partial charge in [0.15, 0.2) is 46.1 Å². The lowest BCUT2D eigenvalue weighted by atomic mass is 9.78. The van der Waals surface area contributed by atoms with Gasteiger partial charge in [0, 0.05) is 22.8 Å². The molecule has 0 amide bonds. The number of hydrogen-bond acceptors (Lipinski definition) is 13. The van der Waals surface area contributed by atoms with Gasteiger partial charge >= 0.3 is 108 Å². The smallest absolute Gasteiger partial charge is 0.394 e. The van der Waals surface area contributed by atoms with Gasteiger partial charge in [-0.1, -0.05) is 5.92 Å². The summed E-state index contributed by atoms with van der Waals surface area (Å²) in [5.74, 6) is -40.0. The molecule has 0 radical (unpaired) electrons. The van der Waals surface area contributed by atoms with Crippen LogP contribution in [0.15, 0.2) is 24.5 Å². The Morgan fingerprint density at radius 3 is 0.952 bits per heavy atom. The number of nitrogens with zero attached hydrogens (tertiary/aromatic N) is 10. The van der Waals surface area contributed by atoms with Gasteiger partial charge < -0.3 is 30.7 Å². The van der Waals surface area contributed by atoms with Crippen molar-refractivity contribution in [3.8, 4) is 57.4 Å². The predicted molar refractivity (Wildman–Crippen MR) is 313 cm³/mol. The third-order valence-corrected chi connectivity index (χ3v) is 19.1. The summed E-state index contributed by atoms with van der Waals surface area (Å²) in [6.45, 7) is -1.00. The number of fused-ring (bicyclic) bond motifs is 21. The zero-order chi connectivity index (χ0) is 95.5. The number of ether oxygens (including phenoxy) is 1. The van der Waals surface area contributed by atoms with Gasteiger partial charge in [-0.3, -0.25) is 4.57 Å². The Kier molecular flexibility index (Phi) is 20.7. The number of imidazole rings is 1. The first-order valence-electron chi connectivity index (χ1n) is 31.8. The normalized spacial score (nSPS) is 17.0. The zero-order valence-corrected chi connectivity index (χ0v) is 57.5. The average Bonchev–Trinajstić information content (AvgIpc) is 1.70. The largest absolute Gasteiger partial charge is 0.436 e. The highest BCUT2D eigenvalue weighted by Gasteiger charge is 2.85. The van der Waals surface area contributed by atoms with E-state index in [0.29, 0.717) is 17.4 Å². The number of hydrogen-bond donors (Lipinski definition) is 5. The molecule has 9 aromatic rings. The van der Waals surface area contributed by atoms with Crippen molar-refractivity contribution < 1.29 is 226 Å². The molecule has 3 aliphatic heterocycles. The summed E-state index contributed by atoms with van der Waals surface area (Å²) in [6, 6.07) is 0.646. The SMILES string of the molecule is Nc1ncnc2c1nc(C#Cc1ccc3c4nc5nc(nc6[nH]c(nc7nc(nc([nH]4)c3c1)-c1c(F)c(C(F)(C(F)(F)F)C(F)(F)F)c(C(F)(C(F)(F)F)C(F)(F)F)c(F)c1-7)c1c(F)c(C(F)(C(F)(F)F)C(F)(F)F)c(C(F)(C(F)(F)F)C(F)(F)F)c(F)c61)-c1c(F)c(C(F)(C(F)(F)F)C(F)(F)F)c(C(F)(C(F)(F)F)C(F)(F)F)c(F)c1-5)n2[C@H]1C[C@H](O)[C@@H](CO)O1. The highest BCUT2D eigenvalue weighted by atomic mass is 19.5. The number of nitrogen functional groups attached to an aromatic ring is 1. The maximum absolute atomic E-state index is 18.0. The fraction of sp³-hybridized carbons (Fsp3) is 0.371. The van der Waals surface area contributed by atoms with Crippen LogP contribution < -0.4 is 5.73 Å². The third kappa shape index (κ3) is 12.8. The van der Waals surface area contributed by atoms with Crippen molar-refractivity contribution >= 4 is 61.1 Å². The molecule has 8 heterocycles. The monoisotopic (exact) mass is 1900 g/mol. The van der Waals surface area contributed by atoms with Crippen molar-refractivity contribution in [2.75, 3.05) is 12.3 Å². The molecular formula is C62H17F48N13O3. The molecule has 126 heavy (non-hydrogen) atoms. The first kappa shape index (κ1) is 93.8. The molecule has 1 fully saturated rings. The molecule has 5 aromatic heterocycles. The topological polar surface area (TPSA) is 228 Å². The Bertz CT molecular complexity index is 6210. The Labute approximate surface area is 652 Å². The van der Waals surface area contributed by atoms with E-state index in [-0.39, 0.29) is 12.1 Å². The Balaban J connectivity index is 1.45. The molecule has 0 unspecified atom stereocenters. The number of H-pyrrole nitrogens is 2. The van der Waals surface area contributed by atoms with Gasteiger partial charge in [-0.05, 0) is 24.1 Å². The first-order chi connectivity index (χ1) is 56.7. The van der Waals surface area contributed by atoms with Crippen LogP contribution >= 0.6 is 0 Å². The number of halogens is 48. The van der Waals surface area contributed by atoms with Gasteiger partial charge in [0.1, 0.15) is 76.2 Å². The van der Waals surface area contributed by atoms with Crippen LogP contribution in [0.25, 0.3) is 101 Å². The average molecular weight is 1900 g/mol. The summed E-state index contributed by atoms with van der Waals surface area (Å²) in [5, 5.41) is 9.20. The molecule has 8 bridgehead atoms. The van der Waals surface area contributed by atoms with Crippen LogP contribution in [-0.2, 0) is 38.7 Å². The van der Waals surface area contributed by atoms with Crippen molar-refractivity contribution in [3.05, 3.63) is 104 Å². The second-order valence-corrected chi connectivity index (χ2v) is 26.3. The number of aromatic amines is 2. The Hall–Kier alpha value is -11.3. The Morgan fingerprint density at radius 1 is 0.373 bits per heavy atom. The van der Waals surface area contributed by atoms with E-state index < -0.39 is 326 Å². The van der Waals surface area contributed by atoms with Gasteiger partial charge in [-0.15, -0.1) is 0 Å². The molecule has 4 aromatic carbocycles. The van der Waals surface area contributed by atoms with Gasteiger partial charge in [-0.25, -0.2) is 97.5 Å². The van der Waals surface area contributed by atoms with Crippen molar-refractivity contribution in [1.29, 1.82) is 0 Å². The lowest BCUT2D eigenvalue weighted by molar-refractivity contribution is -0.361. The number of rotatable bonds is 8. The molecule has 3 aliphatic rings. The third-order valence-electron chi connectivity index (χ3n) is 19.1. The molecule has 16 nitrogen and oxygen atoms in total. The van der Waals surface area contributed by atoms with Crippen LogP contribution in [0.4, 0.5) is 217 Å². The molecule has 684 valence electrons. The minimum atomic E-state index is -8.91. The van der Waals surface area contributed by atoms with E-state index in [2.05, 4.69) is 56.7 Å².